The van der Waals surface area contributed by atoms with E-state index in [0.717, 1.165) is 23.1 Å². The molecule has 0 N–H and O–H groups in total. The number of nitrogens with zero attached hydrogens (tertiary/aromatic N) is 2. The van der Waals surface area contributed by atoms with E-state index in [0.29, 0.717) is 28.9 Å². The number of para-hydroxylation sites is 1. The van der Waals surface area contributed by atoms with Crippen molar-refractivity contribution in [3.63, 3.8) is 0 Å². The Morgan fingerprint density at radius 1 is 1.12 bits per heavy atom. The minimum atomic E-state index is 0.0510. The first-order valence-electron chi connectivity index (χ1n) is 8.26. The van der Waals surface area contributed by atoms with Crippen LogP contribution >= 0.6 is 22.9 Å². The molecule has 0 atom stereocenters. The van der Waals surface area contributed by atoms with E-state index >= 15 is 0 Å². The summed E-state index contributed by atoms with van der Waals surface area (Å²) in [5.41, 5.74) is 1.65. The zero-order valence-corrected chi connectivity index (χ0v) is 15.1. The average molecular weight is 373 g/mol. The van der Waals surface area contributed by atoms with Crippen LogP contribution in [0, 0.1) is 0 Å². The summed E-state index contributed by atoms with van der Waals surface area (Å²) >= 11 is 7.45. The second-order valence-electron chi connectivity index (χ2n) is 6.06. The second-order valence-corrected chi connectivity index (χ2v) is 7.49. The Kier molecular flexibility index (Phi) is 4.59. The van der Waals surface area contributed by atoms with Crippen molar-refractivity contribution in [1.29, 1.82) is 0 Å². The number of hydrogen-bond acceptors (Lipinski definition) is 4. The number of carbonyl (C=O) groups is 1. The lowest BCUT2D eigenvalue weighted by Gasteiger charge is -2.31. The van der Waals surface area contributed by atoms with Crippen LogP contribution in [0.2, 0.25) is 5.02 Å². The highest BCUT2D eigenvalue weighted by atomic mass is 35.5. The quantitative estimate of drug-likeness (QED) is 0.673. The molecule has 25 heavy (non-hydrogen) atoms. The fourth-order valence-corrected chi connectivity index (χ4v) is 4.00. The van der Waals surface area contributed by atoms with E-state index in [1.807, 2.05) is 29.2 Å². The van der Waals surface area contributed by atoms with Crippen LogP contribution in [0.1, 0.15) is 23.2 Å². The van der Waals surface area contributed by atoms with Gasteiger partial charge in [0.05, 0.1) is 10.2 Å². The Morgan fingerprint density at radius 3 is 2.56 bits per heavy atom. The molecule has 1 amide bonds. The van der Waals surface area contributed by atoms with Gasteiger partial charge in [0.2, 0.25) is 0 Å². The zero-order chi connectivity index (χ0) is 17.2. The number of fused-ring (bicyclic) bond motifs is 1. The van der Waals surface area contributed by atoms with Gasteiger partial charge in [-0.3, -0.25) is 4.79 Å². The van der Waals surface area contributed by atoms with E-state index in [1.165, 1.54) is 0 Å². The minimum Gasteiger partial charge on any atom is -0.467 e. The fraction of sp³-hybridized carbons (Fsp3) is 0.263. The topological polar surface area (TPSA) is 42.4 Å². The van der Waals surface area contributed by atoms with Crippen molar-refractivity contribution >= 4 is 39.1 Å². The van der Waals surface area contributed by atoms with Gasteiger partial charge in [0.1, 0.15) is 6.10 Å². The van der Waals surface area contributed by atoms with Crippen LogP contribution in [0.4, 0.5) is 0 Å². The number of rotatable bonds is 3. The molecule has 2 aromatic carbocycles. The molecule has 4 rings (SSSR count). The standard InChI is InChI=1S/C19H17ClN2O2S/c20-14-7-5-13(6-8-14)18(23)22-11-9-15(10-12-22)24-19-21-16-3-1-2-4-17(16)25-19/h1-8,15H,9-12H2. The summed E-state index contributed by atoms with van der Waals surface area (Å²) in [5.74, 6) is 0.0510. The molecular weight excluding hydrogens is 356 g/mol. The van der Waals surface area contributed by atoms with Gasteiger partial charge in [0.25, 0.3) is 11.1 Å². The molecule has 0 saturated carbocycles. The van der Waals surface area contributed by atoms with Crippen LogP contribution < -0.4 is 4.74 Å². The molecule has 4 nitrogen and oxygen atoms in total. The molecule has 0 spiro atoms. The lowest BCUT2D eigenvalue weighted by atomic mass is 10.1. The number of amides is 1. The normalized spacial score (nSPS) is 15.5. The van der Waals surface area contributed by atoms with E-state index < -0.39 is 0 Å². The van der Waals surface area contributed by atoms with Crippen LogP contribution in [0.3, 0.4) is 0 Å². The van der Waals surface area contributed by atoms with Crippen LogP contribution in [-0.4, -0.2) is 35.0 Å². The molecule has 6 heteroatoms. The van der Waals surface area contributed by atoms with Gasteiger partial charge in [-0.15, -0.1) is 0 Å². The Labute approximate surface area is 155 Å². The zero-order valence-electron chi connectivity index (χ0n) is 13.5. The summed E-state index contributed by atoms with van der Waals surface area (Å²) in [4.78, 5) is 18.9. The summed E-state index contributed by atoms with van der Waals surface area (Å²) in [6.45, 7) is 1.38. The highest BCUT2D eigenvalue weighted by molar-refractivity contribution is 7.20. The number of piperidine rings is 1. The van der Waals surface area contributed by atoms with Crippen LogP contribution in [0.15, 0.2) is 48.5 Å². The summed E-state index contributed by atoms with van der Waals surface area (Å²) in [6, 6.07) is 15.1. The van der Waals surface area contributed by atoms with Gasteiger partial charge in [-0.05, 0) is 36.4 Å². The predicted octanol–water partition coefficient (Wildman–Crippen LogP) is 4.63. The van der Waals surface area contributed by atoms with Gasteiger partial charge in [0.15, 0.2) is 0 Å². The first-order valence-corrected chi connectivity index (χ1v) is 9.45. The molecule has 1 aliphatic rings. The first-order chi connectivity index (χ1) is 12.2. The fourth-order valence-electron chi connectivity index (χ4n) is 3.00. The summed E-state index contributed by atoms with van der Waals surface area (Å²) in [7, 11) is 0. The Bertz CT molecular complexity index is 853. The lowest BCUT2D eigenvalue weighted by Crippen LogP contribution is -2.41. The highest BCUT2D eigenvalue weighted by Crippen LogP contribution is 2.29. The SMILES string of the molecule is O=C(c1ccc(Cl)cc1)N1CCC(Oc2nc3ccccc3s2)CC1. The molecule has 128 valence electrons. The van der Waals surface area contributed by atoms with Crippen molar-refractivity contribution in [1.82, 2.24) is 9.88 Å². The van der Waals surface area contributed by atoms with Crippen LogP contribution in [0.5, 0.6) is 5.19 Å². The van der Waals surface area contributed by atoms with Crippen LogP contribution in [0.25, 0.3) is 10.2 Å². The van der Waals surface area contributed by atoms with E-state index in [2.05, 4.69) is 4.98 Å². The van der Waals surface area contributed by atoms with Gasteiger partial charge in [0, 0.05) is 36.5 Å². The third-order valence-corrected chi connectivity index (χ3v) is 5.54. The molecule has 3 aromatic rings. The number of aromatic nitrogens is 1. The van der Waals surface area contributed by atoms with Gasteiger partial charge >= 0.3 is 0 Å². The average Bonchev–Trinajstić information content (AvgIpc) is 3.05. The van der Waals surface area contributed by atoms with Gasteiger partial charge in [-0.25, -0.2) is 4.98 Å². The minimum absolute atomic E-state index is 0.0510. The molecule has 0 radical (unpaired) electrons. The number of hydrogen-bond donors (Lipinski definition) is 0. The summed E-state index contributed by atoms with van der Waals surface area (Å²) < 4.78 is 7.17. The Morgan fingerprint density at radius 2 is 1.84 bits per heavy atom. The molecule has 0 aliphatic carbocycles. The second kappa shape index (κ2) is 7.02. The molecule has 1 aliphatic heterocycles. The number of benzene rings is 2. The monoisotopic (exact) mass is 372 g/mol. The van der Waals surface area contributed by atoms with Crippen molar-refractivity contribution in [3.8, 4) is 5.19 Å². The summed E-state index contributed by atoms with van der Waals surface area (Å²) in [5, 5.41) is 1.35. The molecule has 2 heterocycles. The molecule has 0 bridgehead atoms. The van der Waals surface area contributed by atoms with Crippen LogP contribution in [-0.2, 0) is 0 Å². The number of thiazole rings is 1. The molecule has 1 aromatic heterocycles. The smallest absolute Gasteiger partial charge is 0.274 e. The maximum absolute atomic E-state index is 12.5. The third kappa shape index (κ3) is 3.62. The number of likely N-dealkylation sites (tertiary alicyclic amines) is 1. The van der Waals surface area contributed by atoms with Crippen molar-refractivity contribution in [2.75, 3.05) is 13.1 Å². The Hall–Kier alpha value is -2.11. The maximum atomic E-state index is 12.5. The van der Waals surface area contributed by atoms with Crippen molar-refractivity contribution in [2.45, 2.75) is 18.9 Å². The van der Waals surface area contributed by atoms with Crippen molar-refractivity contribution in [3.05, 3.63) is 59.1 Å². The molecular formula is C19H17ClN2O2S. The van der Waals surface area contributed by atoms with Crippen molar-refractivity contribution < 1.29 is 9.53 Å². The van der Waals surface area contributed by atoms with E-state index in [-0.39, 0.29) is 12.0 Å². The Balaban J connectivity index is 1.36. The van der Waals surface area contributed by atoms with Gasteiger partial charge in [-0.2, -0.15) is 0 Å². The van der Waals surface area contributed by atoms with Crippen molar-refractivity contribution in [2.24, 2.45) is 0 Å². The highest BCUT2D eigenvalue weighted by Gasteiger charge is 2.25. The first kappa shape index (κ1) is 16.4. The van der Waals surface area contributed by atoms with Gasteiger partial charge < -0.3 is 9.64 Å². The third-order valence-electron chi connectivity index (χ3n) is 4.36. The maximum Gasteiger partial charge on any atom is 0.274 e. The van der Waals surface area contributed by atoms with Gasteiger partial charge in [-0.1, -0.05) is 35.1 Å². The largest absolute Gasteiger partial charge is 0.467 e. The molecule has 0 unspecified atom stereocenters. The summed E-state index contributed by atoms with van der Waals surface area (Å²) in [6.07, 6.45) is 1.74. The number of halogens is 1. The molecule has 1 saturated heterocycles. The lowest BCUT2D eigenvalue weighted by molar-refractivity contribution is 0.0595. The van der Waals surface area contributed by atoms with E-state index in [1.54, 1.807) is 35.6 Å². The van der Waals surface area contributed by atoms with E-state index in [4.69, 9.17) is 16.3 Å². The molecule has 1 fully saturated rings. The van der Waals surface area contributed by atoms with E-state index in [9.17, 15) is 4.79 Å². The number of ether oxygens (including phenoxy) is 1. The number of carbonyl (C=O) groups excluding carboxylic acids is 1. The predicted molar refractivity (Wildman–Crippen MR) is 101 cm³/mol.